The number of carboxylic acid groups (broad SMARTS) is 1. The van der Waals surface area contributed by atoms with Crippen molar-refractivity contribution in [1.82, 2.24) is 4.90 Å². The maximum Gasteiger partial charge on any atom is 0.303 e. The van der Waals surface area contributed by atoms with Gasteiger partial charge in [0, 0.05) is 31.2 Å². The lowest BCUT2D eigenvalue weighted by Crippen LogP contribution is -2.08. The molecule has 0 saturated heterocycles. The first-order valence-electron chi connectivity index (χ1n) is 5.41. The SMILES string of the molecule is CN(C)C=Nc1c(I)cc(I)c(CCC(=O)O)c1I.Cl. The number of carbonyl (C=O) groups is 1. The molecule has 0 fully saturated rings. The monoisotopic (exact) mass is 634 g/mol. The van der Waals surface area contributed by atoms with Crippen LogP contribution in [-0.4, -0.2) is 36.4 Å². The van der Waals surface area contributed by atoms with Crippen molar-refractivity contribution in [3.8, 4) is 0 Å². The van der Waals surface area contributed by atoms with Gasteiger partial charge in [0.15, 0.2) is 0 Å². The highest BCUT2D eigenvalue weighted by atomic mass is 127. The van der Waals surface area contributed by atoms with Gasteiger partial charge >= 0.3 is 5.97 Å². The fraction of sp³-hybridized carbons (Fsp3) is 0.333. The average Bonchev–Trinajstić information content (AvgIpc) is 2.27. The van der Waals surface area contributed by atoms with Gasteiger partial charge in [-0.25, -0.2) is 4.99 Å². The first-order valence-corrected chi connectivity index (χ1v) is 8.65. The molecule has 1 N–H and O–H groups in total. The molecule has 1 rings (SSSR count). The fourth-order valence-corrected chi connectivity index (χ4v) is 5.56. The molecule has 0 amide bonds. The molecule has 0 atom stereocenters. The van der Waals surface area contributed by atoms with Crippen LogP contribution < -0.4 is 0 Å². The number of nitrogens with zero attached hydrogens (tertiary/aromatic N) is 2. The minimum absolute atomic E-state index is 0. The second kappa shape index (κ2) is 9.62. The molecule has 0 spiro atoms. The molecule has 0 aromatic heterocycles. The molecule has 0 aliphatic carbocycles. The summed E-state index contributed by atoms with van der Waals surface area (Å²) in [6.45, 7) is 0. The summed E-state index contributed by atoms with van der Waals surface area (Å²) in [7, 11) is 3.84. The molecule has 0 radical (unpaired) electrons. The Hall–Kier alpha value is 0.640. The smallest absolute Gasteiger partial charge is 0.303 e. The summed E-state index contributed by atoms with van der Waals surface area (Å²) >= 11 is 6.76. The maximum absolute atomic E-state index is 10.7. The van der Waals surface area contributed by atoms with E-state index in [9.17, 15) is 4.79 Å². The molecule has 8 heteroatoms. The largest absolute Gasteiger partial charge is 0.481 e. The van der Waals surface area contributed by atoms with Crippen molar-refractivity contribution in [1.29, 1.82) is 0 Å². The van der Waals surface area contributed by atoms with Gasteiger partial charge in [-0.15, -0.1) is 12.4 Å². The van der Waals surface area contributed by atoms with Gasteiger partial charge in [0.05, 0.1) is 12.0 Å². The molecule has 1 aromatic rings. The van der Waals surface area contributed by atoms with E-state index in [2.05, 4.69) is 72.8 Å². The summed E-state index contributed by atoms with van der Waals surface area (Å²) in [5.41, 5.74) is 1.98. The average molecular weight is 634 g/mol. The molecule has 0 unspecified atom stereocenters. The lowest BCUT2D eigenvalue weighted by atomic mass is 10.1. The van der Waals surface area contributed by atoms with Crippen molar-refractivity contribution >= 4 is 98.2 Å². The van der Waals surface area contributed by atoms with Crippen LogP contribution in [-0.2, 0) is 11.2 Å². The number of carboxylic acids is 1. The van der Waals surface area contributed by atoms with Crippen LogP contribution in [0, 0.1) is 10.7 Å². The molecule has 0 bridgehead atoms. The lowest BCUT2D eigenvalue weighted by molar-refractivity contribution is -0.136. The Balaban J connectivity index is 0.00000361. The molecule has 4 nitrogen and oxygen atoms in total. The van der Waals surface area contributed by atoms with Gasteiger partial charge in [0.1, 0.15) is 0 Å². The molecule has 1 aromatic carbocycles. The predicted molar refractivity (Wildman–Crippen MR) is 110 cm³/mol. The molecular formula is C12H14ClI3N2O2. The van der Waals surface area contributed by atoms with E-state index in [0.717, 1.165) is 22.0 Å². The van der Waals surface area contributed by atoms with Crippen LogP contribution in [0.3, 0.4) is 0 Å². The van der Waals surface area contributed by atoms with Crippen LogP contribution in [0.1, 0.15) is 12.0 Å². The van der Waals surface area contributed by atoms with Gasteiger partial charge in [-0.05, 0) is 85.8 Å². The predicted octanol–water partition coefficient (Wildman–Crippen LogP) is 4.16. The molecule has 0 saturated carbocycles. The van der Waals surface area contributed by atoms with Gasteiger partial charge in [0.2, 0.25) is 0 Å². The minimum Gasteiger partial charge on any atom is -0.481 e. The zero-order valence-corrected chi connectivity index (χ0v) is 18.1. The first-order chi connectivity index (χ1) is 8.82. The highest BCUT2D eigenvalue weighted by Crippen LogP contribution is 2.34. The van der Waals surface area contributed by atoms with Crippen LogP contribution >= 0.6 is 80.2 Å². The van der Waals surface area contributed by atoms with E-state index in [4.69, 9.17) is 5.11 Å². The Labute approximate surface area is 165 Å². The summed E-state index contributed by atoms with van der Waals surface area (Å²) in [6, 6.07) is 2.04. The van der Waals surface area contributed by atoms with E-state index >= 15 is 0 Å². The van der Waals surface area contributed by atoms with Gasteiger partial charge in [0.25, 0.3) is 0 Å². The molecule has 112 valence electrons. The summed E-state index contributed by atoms with van der Waals surface area (Å²) < 4.78 is 3.20. The summed E-state index contributed by atoms with van der Waals surface area (Å²) in [4.78, 5) is 17.1. The quantitative estimate of drug-likeness (QED) is 0.301. The number of hydrogen-bond acceptors (Lipinski definition) is 2. The minimum atomic E-state index is -0.775. The fourth-order valence-electron chi connectivity index (χ4n) is 1.37. The van der Waals surface area contributed by atoms with Crippen molar-refractivity contribution in [3.63, 3.8) is 0 Å². The van der Waals surface area contributed by atoms with Gasteiger partial charge in [-0.2, -0.15) is 0 Å². The summed E-state index contributed by atoms with van der Waals surface area (Å²) in [6.07, 6.45) is 2.43. The van der Waals surface area contributed by atoms with E-state index in [1.807, 2.05) is 25.1 Å². The van der Waals surface area contributed by atoms with Gasteiger partial charge in [-0.3, -0.25) is 4.79 Å². The summed E-state index contributed by atoms with van der Waals surface area (Å²) in [5.74, 6) is -0.775. The standard InChI is InChI=1S/C12H13I3N2O2.ClH/c1-17(2)6-16-12-9(14)5-8(13)7(11(12)15)3-4-10(18)19;/h5-6H,3-4H2,1-2H3,(H,18,19);1H. The molecular weight excluding hydrogens is 620 g/mol. The van der Waals surface area contributed by atoms with Crippen molar-refractivity contribution < 1.29 is 9.90 Å². The van der Waals surface area contributed by atoms with Crippen LogP contribution in [0.4, 0.5) is 5.69 Å². The summed E-state index contributed by atoms with van der Waals surface area (Å²) in [5, 5.41) is 8.81. The van der Waals surface area contributed by atoms with E-state index in [-0.39, 0.29) is 18.8 Å². The van der Waals surface area contributed by atoms with Crippen LogP contribution in [0.5, 0.6) is 0 Å². The Morgan fingerprint density at radius 3 is 2.45 bits per heavy atom. The molecule has 0 aliphatic rings. The number of aliphatic carboxylic acids is 1. The number of rotatable bonds is 5. The number of benzene rings is 1. The molecule has 0 aliphatic heterocycles. The Bertz CT molecular complexity index is 522. The third-order valence-corrected chi connectivity index (χ3v) is 5.19. The van der Waals surface area contributed by atoms with Crippen molar-refractivity contribution in [3.05, 3.63) is 22.3 Å². The van der Waals surface area contributed by atoms with Crippen LogP contribution in [0.25, 0.3) is 0 Å². The maximum atomic E-state index is 10.7. The van der Waals surface area contributed by atoms with E-state index < -0.39 is 5.97 Å². The highest BCUT2D eigenvalue weighted by molar-refractivity contribution is 14.1. The third kappa shape index (κ3) is 6.18. The van der Waals surface area contributed by atoms with Crippen molar-refractivity contribution in [2.75, 3.05) is 14.1 Å². The topological polar surface area (TPSA) is 52.9 Å². The van der Waals surface area contributed by atoms with Crippen LogP contribution in [0.2, 0.25) is 0 Å². The van der Waals surface area contributed by atoms with Gasteiger partial charge < -0.3 is 10.0 Å². The number of halogens is 4. The second-order valence-corrected chi connectivity index (χ2v) is 7.49. The lowest BCUT2D eigenvalue weighted by Gasteiger charge is -2.12. The third-order valence-electron chi connectivity index (χ3n) is 2.25. The normalized spacial score (nSPS) is 10.4. The number of aliphatic imine (C=N–C) groups is 1. The Kier molecular flexibility index (Phi) is 9.92. The first kappa shape index (κ1) is 20.6. The number of hydrogen-bond donors (Lipinski definition) is 1. The molecule has 20 heavy (non-hydrogen) atoms. The van der Waals surface area contributed by atoms with Gasteiger partial charge in [-0.1, -0.05) is 0 Å². The van der Waals surface area contributed by atoms with Crippen molar-refractivity contribution in [2.45, 2.75) is 12.8 Å². The van der Waals surface area contributed by atoms with E-state index in [1.54, 1.807) is 6.34 Å². The van der Waals surface area contributed by atoms with E-state index in [1.165, 1.54) is 0 Å². The van der Waals surface area contributed by atoms with Crippen molar-refractivity contribution in [2.24, 2.45) is 4.99 Å². The highest BCUT2D eigenvalue weighted by Gasteiger charge is 2.14. The Morgan fingerprint density at radius 2 is 1.95 bits per heavy atom. The Morgan fingerprint density at radius 1 is 1.35 bits per heavy atom. The van der Waals surface area contributed by atoms with E-state index in [0.29, 0.717) is 6.42 Å². The second-order valence-electron chi connectivity index (χ2n) is 4.08. The zero-order chi connectivity index (χ0) is 14.6. The van der Waals surface area contributed by atoms with Crippen LogP contribution in [0.15, 0.2) is 11.1 Å². The zero-order valence-electron chi connectivity index (χ0n) is 10.9. The molecule has 0 heterocycles.